The molecule has 0 aliphatic carbocycles. The molecule has 0 saturated heterocycles. The first-order valence-corrected chi connectivity index (χ1v) is 8.58. The van der Waals surface area contributed by atoms with Crippen molar-refractivity contribution in [1.82, 2.24) is 4.57 Å². The van der Waals surface area contributed by atoms with Crippen molar-refractivity contribution in [2.75, 3.05) is 0 Å². The van der Waals surface area contributed by atoms with Crippen LogP contribution in [0.4, 0.5) is 0 Å². The molecule has 0 aromatic carbocycles. The van der Waals surface area contributed by atoms with Gasteiger partial charge in [-0.15, -0.1) is 0 Å². The van der Waals surface area contributed by atoms with E-state index in [-0.39, 0.29) is 9.48 Å². The lowest BCUT2D eigenvalue weighted by molar-refractivity contribution is 0.826. The van der Waals surface area contributed by atoms with Crippen molar-refractivity contribution in [3.05, 3.63) is 19.1 Å². The molecule has 3 rings (SSSR count). The van der Waals surface area contributed by atoms with E-state index in [1.54, 1.807) is 0 Å². The van der Waals surface area contributed by atoms with Gasteiger partial charge in [0.1, 0.15) is 11.0 Å². The molecule has 0 atom stereocenters. The lowest BCUT2D eigenvalue weighted by Gasteiger charge is -1.96. The maximum absolute atomic E-state index is 11.7. The van der Waals surface area contributed by atoms with Gasteiger partial charge in [0.05, 0.1) is 9.40 Å². The monoisotopic (exact) mass is 275 g/mol. The Kier molecular flexibility index (Phi) is 2.10. The second-order valence-electron chi connectivity index (χ2n) is 3.01. The van der Waals surface area contributed by atoms with E-state index in [9.17, 15) is 9.59 Å². The Morgan fingerprint density at radius 3 is 1.80 bits per heavy atom. The standard InChI is InChI=1S/C8H5NO2S4/c1-2-9-3-5(12-14-7(3)10)6-4(9)8(11)15-13-6/h2H2,1H3. The molecular weight excluding hydrogens is 270 g/mol. The number of hydrogen-bond donors (Lipinski definition) is 0. The number of aryl methyl sites for hydroxylation is 1. The quantitative estimate of drug-likeness (QED) is 0.641. The molecule has 0 fully saturated rings. The van der Waals surface area contributed by atoms with Gasteiger partial charge in [-0.1, -0.05) is 20.7 Å². The first-order valence-electron chi connectivity index (χ1n) is 4.28. The summed E-state index contributed by atoms with van der Waals surface area (Å²) in [5, 5.41) is 0. The Bertz CT molecular complexity index is 691. The highest BCUT2D eigenvalue weighted by molar-refractivity contribution is 7.75. The molecule has 0 aliphatic rings. The summed E-state index contributed by atoms with van der Waals surface area (Å²) in [6.07, 6.45) is 0. The normalized spacial score (nSPS) is 11.8. The second-order valence-corrected chi connectivity index (χ2v) is 7.23. The van der Waals surface area contributed by atoms with Crippen LogP contribution in [-0.4, -0.2) is 4.57 Å². The largest absolute Gasteiger partial charge is 0.331 e. The predicted octanol–water partition coefficient (Wildman–Crippen LogP) is 2.78. The van der Waals surface area contributed by atoms with Crippen molar-refractivity contribution in [3.63, 3.8) is 0 Å². The summed E-state index contributed by atoms with van der Waals surface area (Å²) in [6, 6.07) is 0. The zero-order chi connectivity index (χ0) is 10.6. The van der Waals surface area contributed by atoms with Crippen LogP contribution >= 0.6 is 41.4 Å². The van der Waals surface area contributed by atoms with Crippen molar-refractivity contribution in [2.24, 2.45) is 0 Å². The van der Waals surface area contributed by atoms with Crippen molar-refractivity contribution in [2.45, 2.75) is 13.5 Å². The molecule has 78 valence electrons. The van der Waals surface area contributed by atoms with Gasteiger partial charge in [0, 0.05) is 6.54 Å². The summed E-state index contributed by atoms with van der Waals surface area (Å²) in [7, 11) is 5.46. The fraction of sp³-hybridized carbons (Fsp3) is 0.250. The minimum Gasteiger partial charge on any atom is -0.331 e. The van der Waals surface area contributed by atoms with E-state index in [4.69, 9.17) is 0 Å². The Labute approximate surface area is 98.6 Å². The van der Waals surface area contributed by atoms with E-state index in [1.807, 2.05) is 11.5 Å². The summed E-state index contributed by atoms with van der Waals surface area (Å²) in [5.41, 5.74) is 1.44. The molecule has 3 heterocycles. The van der Waals surface area contributed by atoms with Gasteiger partial charge < -0.3 is 4.57 Å². The summed E-state index contributed by atoms with van der Waals surface area (Å²) in [5.74, 6) is 0. The van der Waals surface area contributed by atoms with Gasteiger partial charge in [0.2, 0.25) is 0 Å². The molecule has 7 heteroatoms. The smallest absolute Gasteiger partial charge is 0.267 e. The summed E-state index contributed by atoms with van der Waals surface area (Å²) >= 11 is 0. The Balaban J connectivity index is 2.76. The third kappa shape index (κ3) is 1.14. The van der Waals surface area contributed by atoms with E-state index in [0.29, 0.717) is 6.54 Å². The summed E-state index contributed by atoms with van der Waals surface area (Å²) in [4.78, 5) is 23.3. The first kappa shape index (κ1) is 9.71. The maximum Gasteiger partial charge on any atom is 0.267 e. The molecule has 0 aliphatic heterocycles. The van der Waals surface area contributed by atoms with Crippen LogP contribution in [0.1, 0.15) is 6.92 Å². The van der Waals surface area contributed by atoms with Gasteiger partial charge in [-0.25, -0.2) is 0 Å². The Morgan fingerprint density at radius 2 is 1.40 bits per heavy atom. The summed E-state index contributed by atoms with van der Waals surface area (Å²) < 4.78 is 3.99. The Hall–Kier alpha value is -0.500. The van der Waals surface area contributed by atoms with Crippen LogP contribution in [0.15, 0.2) is 9.59 Å². The molecule has 3 nitrogen and oxygen atoms in total. The molecule has 0 bridgehead atoms. The number of fused-ring (bicyclic) bond motifs is 3. The van der Waals surface area contributed by atoms with Crippen molar-refractivity contribution >= 4 is 61.8 Å². The van der Waals surface area contributed by atoms with Crippen molar-refractivity contribution < 1.29 is 0 Å². The van der Waals surface area contributed by atoms with Crippen LogP contribution < -0.4 is 9.48 Å². The maximum atomic E-state index is 11.7. The van der Waals surface area contributed by atoms with Crippen LogP contribution in [-0.2, 0) is 6.54 Å². The SMILES string of the molecule is CCn1c2c(=O)ssc2c2ssc(=O)c21. The van der Waals surface area contributed by atoms with Gasteiger partial charge in [-0.3, -0.25) is 9.59 Å². The molecule has 0 spiro atoms. The average molecular weight is 275 g/mol. The van der Waals surface area contributed by atoms with Gasteiger partial charge in [0.25, 0.3) is 9.48 Å². The predicted molar refractivity (Wildman–Crippen MR) is 69.2 cm³/mol. The van der Waals surface area contributed by atoms with E-state index in [0.717, 1.165) is 20.4 Å². The van der Waals surface area contributed by atoms with E-state index >= 15 is 0 Å². The van der Waals surface area contributed by atoms with Crippen LogP contribution in [0.2, 0.25) is 0 Å². The minimum absolute atomic E-state index is 0.0738. The van der Waals surface area contributed by atoms with E-state index < -0.39 is 0 Å². The van der Waals surface area contributed by atoms with Crippen LogP contribution in [0, 0.1) is 0 Å². The van der Waals surface area contributed by atoms with Crippen LogP contribution in [0.25, 0.3) is 20.4 Å². The highest BCUT2D eigenvalue weighted by Crippen LogP contribution is 2.35. The summed E-state index contributed by atoms with van der Waals surface area (Å²) in [6.45, 7) is 2.64. The lowest BCUT2D eigenvalue weighted by Crippen LogP contribution is -2.04. The molecule has 0 unspecified atom stereocenters. The fourth-order valence-corrected chi connectivity index (χ4v) is 6.59. The highest BCUT2D eigenvalue weighted by Gasteiger charge is 2.18. The van der Waals surface area contributed by atoms with Crippen LogP contribution in [0.5, 0.6) is 0 Å². The third-order valence-corrected chi connectivity index (χ3v) is 6.80. The second kappa shape index (κ2) is 3.24. The Morgan fingerprint density at radius 1 is 0.933 bits per heavy atom. The van der Waals surface area contributed by atoms with Gasteiger partial charge >= 0.3 is 0 Å². The molecule has 0 saturated carbocycles. The molecule has 0 radical (unpaired) electrons. The molecule has 3 aromatic rings. The molecule has 0 amide bonds. The fourth-order valence-electron chi connectivity index (χ4n) is 1.69. The minimum atomic E-state index is 0.0738. The average Bonchev–Trinajstić information content (AvgIpc) is 2.83. The van der Waals surface area contributed by atoms with Gasteiger partial charge in [-0.2, -0.15) is 0 Å². The lowest BCUT2D eigenvalue weighted by atomic mass is 10.5. The van der Waals surface area contributed by atoms with Gasteiger partial charge in [-0.05, 0) is 27.6 Å². The highest BCUT2D eigenvalue weighted by atomic mass is 32.9. The van der Waals surface area contributed by atoms with E-state index in [2.05, 4.69) is 0 Å². The topological polar surface area (TPSA) is 39.1 Å². The molecule has 15 heavy (non-hydrogen) atoms. The first-order chi connectivity index (χ1) is 7.24. The van der Waals surface area contributed by atoms with Gasteiger partial charge in [0.15, 0.2) is 0 Å². The number of nitrogens with zero attached hydrogens (tertiary/aromatic N) is 1. The van der Waals surface area contributed by atoms with E-state index in [1.165, 1.54) is 41.4 Å². The molecule has 0 N–H and O–H groups in total. The number of aromatic nitrogens is 1. The zero-order valence-electron chi connectivity index (χ0n) is 7.60. The number of hydrogen-bond acceptors (Lipinski definition) is 6. The van der Waals surface area contributed by atoms with Crippen LogP contribution in [0.3, 0.4) is 0 Å². The molecule has 3 aromatic heterocycles. The van der Waals surface area contributed by atoms with Crippen molar-refractivity contribution in [3.8, 4) is 0 Å². The number of rotatable bonds is 1. The zero-order valence-corrected chi connectivity index (χ0v) is 10.9. The van der Waals surface area contributed by atoms with Crippen molar-refractivity contribution in [1.29, 1.82) is 0 Å². The molecular formula is C8H5NO2S4. The third-order valence-electron chi connectivity index (χ3n) is 2.28.